The number of ether oxygens (including phenoxy) is 1. The van der Waals surface area contributed by atoms with Crippen LogP contribution in [-0.2, 0) is 4.74 Å². The Morgan fingerprint density at radius 3 is 1.52 bits per heavy atom. The summed E-state index contributed by atoms with van der Waals surface area (Å²) < 4.78 is 5.48. The molecule has 126 valence electrons. The molecule has 0 rings (SSSR count). The van der Waals surface area contributed by atoms with Gasteiger partial charge in [0.05, 0.1) is 0 Å². The second-order valence-corrected chi connectivity index (χ2v) is 5.81. The normalized spacial score (nSPS) is 10.1. The van der Waals surface area contributed by atoms with E-state index >= 15 is 0 Å². The third kappa shape index (κ3) is 21.9. The van der Waals surface area contributed by atoms with E-state index in [1.54, 1.807) is 0 Å². The fourth-order valence-electron chi connectivity index (χ4n) is 2.45. The first-order valence-corrected chi connectivity index (χ1v) is 8.93. The van der Waals surface area contributed by atoms with Gasteiger partial charge in [0, 0.05) is 19.6 Å². The molecule has 0 atom stereocenters. The van der Waals surface area contributed by atoms with Gasteiger partial charge in [-0.2, -0.15) is 0 Å². The summed E-state index contributed by atoms with van der Waals surface area (Å²) in [7, 11) is 0. The van der Waals surface area contributed by atoms with Crippen LogP contribution in [0.2, 0.25) is 0 Å². The van der Waals surface area contributed by atoms with Crippen LogP contribution in [-0.4, -0.2) is 13.2 Å². The molecule has 0 amide bonds. The molecule has 0 spiro atoms. The van der Waals surface area contributed by atoms with Crippen LogP contribution in [0.5, 0.6) is 0 Å². The minimum Gasteiger partial charge on any atom is -0.381 e. The molecule has 0 aromatic carbocycles. The van der Waals surface area contributed by atoms with Crippen LogP contribution in [0.3, 0.4) is 0 Å². The Hall–Kier alpha value is -0.520. The third-order valence-electron chi connectivity index (χ3n) is 3.71. The smallest absolute Gasteiger partial charge is 0.0466 e. The zero-order valence-corrected chi connectivity index (χ0v) is 14.5. The highest BCUT2D eigenvalue weighted by Gasteiger charge is 1.94. The molecule has 2 nitrogen and oxygen atoms in total. The quantitative estimate of drug-likeness (QED) is 0.269. The van der Waals surface area contributed by atoms with Crippen molar-refractivity contribution < 1.29 is 4.74 Å². The summed E-state index contributed by atoms with van der Waals surface area (Å²) in [6.07, 6.45) is 23.7. The summed E-state index contributed by atoms with van der Waals surface area (Å²) in [6.45, 7) is 4.06. The lowest BCUT2D eigenvalue weighted by molar-refractivity contribution is 0.130. The molecule has 0 aromatic rings. The highest BCUT2D eigenvalue weighted by Crippen LogP contribution is 2.12. The van der Waals surface area contributed by atoms with Gasteiger partial charge in [-0.05, 0) is 19.3 Å². The van der Waals surface area contributed by atoms with Crippen LogP contribution >= 0.6 is 0 Å². The van der Waals surface area contributed by atoms with Gasteiger partial charge in [-0.1, -0.05) is 71.1 Å². The maximum Gasteiger partial charge on any atom is 0.0466 e. The van der Waals surface area contributed by atoms with E-state index in [4.69, 9.17) is 11.2 Å². The summed E-state index contributed by atoms with van der Waals surface area (Å²) in [5.74, 6) is 2.71. The molecule has 0 radical (unpaired) electrons. The van der Waals surface area contributed by atoms with Gasteiger partial charge in [0.15, 0.2) is 0 Å². The molecule has 0 bridgehead atoms. The van der Waals surface area contributed by atoms with Gasteiger partial charge in [-0.25, -0.2) is 0 Å². The molecule has 0 aromatic heterocycles. The number of terminal acetylenes is 1. The van der Waals surface area contributed by atoms with E-state index < -0.39 is 0 Å². The Morgan fingerprint density at radius 1 is 0.667 bits per heavy atom. The van der Waals surface area contributed by atoms with E-state index in [1.807, 2.05) is 0 Å². The van der Waals surface area contributed by atoms with Crippen LogP contribution in [0.25, 0.3) is 0 Å². The van der Waals surface area contributed by atoms with Gasteiger partial charge < -0.3 is 10.9 Å². The fraction of sp³-hybridized carbons (Fsp3) is 0.895. The van der Waals surface area contributed by atoms with Crippen molar-refractivity contribution in [1.82, 2.24) is 6.15 Å². The van der Waals surface area contributed by atoms with Crippen LogP contribution in [0, 0.1) is 12.3 Å². The maximum absolute atomic E-state index is 5.48. The fourth-order valence-corrected chi connectivity index (χ4v) is 2.45. The summed E-state index contributed by atoms with van der Waals surface area (Å²) in [5.41, 5.74) is 0. The van der Waals surface area contributed by atoms with Crippen molar-refractivity contribution in [3.05, 3.63) is 0 Å². The van der Waals surface area contributed by atoms with Crippen molar-refractivity contribution in [2.75, 3.05) is 13.2 Å². The van der Waals surface area contributed by atoms with Crippen molar-refractivity contribution >= 4 is 0 Å². The predicted octanol–water partition coefficient (Wildman–Crippen LogP) is 6.28. The standard InChI is InChI=1S/C19H36O.H3N/c1-3-5-6-7-8-9-10-11-12-13-14-15-16-17-19-20-18-4-2;/h1H,4-19H2,2H3;1H3. The zero-order valence-electron chi connectivity index (χ0n) is 14.5. The number of rotatable bonds is 16. The monoisotopic (exact) mass is 297 g/mol. The largest absolute Gasteiger partial charge is 0.381 e. The predicted molar refractivity (Wildman–Crippen MR) is 95.0 cm³/mol. The first-order valence-electron chi connectivity index (χ1n) is 8.93. The average Bonchev–Trinajstić information content (AvgIpc) is 2.47. The molecule has 0 saturated carbocycles. The molecule has 0 unspecified atom stereocenters. The minimum atomic E-state index is 0. The zero-order chi connectivity index (χ0) is 14.7. The second-order valence-electron chi connectivity index (χ2n) is 5.81. The van der Waals surface area contributed by atoms with Crippen molar-refractivity contribution in [2.45, 2.75) is 96.8 Å². The molecule has 0 saturated heterocycles. The van der Waals surface area contributed by atoms with E-state index in [1.165, 1.54) is 77.0 Å². The topological polar surface area (TPSA) is 44.2 Å². The van der Waals surface area contributed by atoms with Crippen LogP contribution < -0.4 is 6.15 Å². The Labute approximate surface area is 134 Å². The molecule has 0 aliphatic heterocycles. The van der Waals surface area contributed by atoms with E-state index in [0.29, 0.717) is 0 Å². The summed E-state index contributed by atoms with van der Waals surface area (Å²) in [6, 6.07) is 0. The van der Waals surface area contributed by atoms with E-state index in [9.17, 15) is 0 Å². The first-order chi connectivity index (χ1) is 9.91. The SMILES string of the molecule is C#CCCCCCCCCCCCCCCOCCC.N. The van der Waals surface area contributed by atoms with Crippen LogP contribution in [0.1, 0.15) is 96.8 Å². The molecule has 0 aliphatic rings. The van der Waals surface area contributed by atoms with Crippen LogP contribution in [0.4, 0.5) is 0 Å². The molecule has 0 aliphatic carbocycles. The van der Waals surface area contributed by atoms with E-state index in [-0.39, 0.29) is 6.15 Å². The Bertz CT molecular complexity index is 210. The molecule has 0 fully saturated rings. The van der Waals surface area contributed by atoms with Crippen molar-refractivity contribution in [3.8, 4) is 12.3 Å². The third-order valence-corrected chi connectivity index (χ3v) is 3.71. The van der Waals surface area contributed by atoms with Gasteiger partial charge in [-0.3, -0.25) is 0 Å². The number of unbranched alkanes of at least 4 members (excludes halogenated alkanes) is 12. The lowest BCUT2D eigenvalue weighted by Crippen LogP contribution is -1.95. The van der Waals surface area contributed by atoms with Crippen molar-refractivity contribution in [1.29, 1.82) is 0 Å². The van der Waals surface area contributed by atoms with Gasteiger partial charge in [0.25, 0.3) is 0 Å². The summed E-state index contributed by atoms with van der Waals surface area (Å²) in [4.78, 5) is 0. The lowest BCUT2D eigenvalue weighted by Gasteiger charge is -2.03. The van der Waals surface area contributed by atoms with E-state index in [0.717, 1.165) is 26.1 Å². The highest BCUT2D eigenvalue weighted by molar-refractivity contribution is 4.82. The Balaban J connectivity index is 0. The van der Waals surface area contributed by atoms with Gasteiger partial charge in [-0.15, -0.1) is 12.3 Å². The number of hydrogen-bond donors (Lipinski definition) is 1. The molecular weight excluding hydrogens is 258 g/mol. The Kier molecular flexibility index (Phi) is 23.6. The summed E-state index contributed by atoms with van der Waals surface area (Å²) >= 11 is 0. The lowest BCUT2D eigenvalue weighted by atomic mass is 10.0. The van der Waals surface area contributed by atoms with Gasteiger partial charge >= 0.3 is 0 Å². The maximum atomic E-state index is 5.48. The van der Waals surface area contributed by atoms with Crippen molar-refractivity contribution in [2.24, 2.45) is 0 Å². The molecule has 2 heteroatoms. The summed E-state index contributed by atoms with van der Waals surface area (Å²) in [5, 5.41) is 0. The second kappa shape index (κ2) is 21.8. The minimum absolute atomic E-state index is 0. The van der Waals surface area contributed by atoms with Crippen molar-refractivity contribution in [3.63, 3.8) is 0 Å². The molecular formula is C19H39NO. The average molecular weight is 298 g/mol. The highest BCUT2D eigenvalue weighted by atomic mass is 16.5. The molecule has 3 N–H and O–H groups in total. The molecule has 0 heterocycles. The number of hydrogen-bond acceptors (Lipinski definition) is 2. The first kappa shape index (κ1) is 22.8. The van der Waals surface area contributed by atoms with Gasteiger partial charge in [0.2, 0.25) is 0 Å². The molecule has 21 heavy (non-hydrogen) atoms. The van der Waals surface area contributed by atoms with Crippen LogP contribution in [0.15, 0.2) is 0 Å². The Morgan fingerprint density at radius 2 is 1.10 bits per heavy atom. The van der Waals surface area contributed by atoms with Gasteiger partial charge in [0.1, 0.15) is 0 Å². The van der Waals surface area contributed by atoms with E-state index in [2.05, 4.69) is 12.8 Å².